The molecule has 0 radical (unpaired) electrons. The highest BCUT2D eigenvalue weighted by Crippen LogP contribution is 2.38. The molecule has 7 nitrogen and oxygen atoms in total. The molecule has 0 saturated heterocycles. The quantitative estimate of drug-likeness (QED) is 0.632. The first-order chi connectivity index (χ1) is 14.0. The molecule has 1 N–H and O–H groups in total. The topological polar surface area (TPSA) is 74.6 Å². The molecule has 7 heteroatoms. The highest BCUT2D eigenvalue weighted by atomic mass is 16.5. The van der Waals surface area contributed by atoms with Crippen LogP contribution in [0.25, 0.3) is 0 Å². The maximum absolute atomic E-state index is 12.6. The summed E-state index contributed by atoms with van der Waals surface area (Å²) in [5, 5.41) is 7.24. The number of nitrogens with one attached hydrogen (secondary N) is 1. The molecule has 3 rings (SSSR count). The fourth-order valence-corrected chi connectivity index (χ4v) is 3.04. The average molecular weight is 395 g/mol. The van der Waals surface area contributed by atoms with E-state index in [1.165, 1.54) is 5.56 Å². The zero-order valence-corrected chi connectivity index (χ0v) is 17.1. The zero-order chi connectivity index (χ0) is 20.8. The van der Waals surface area contributed by atoms with Crippen LogP contribution in [0, 0.1) is 6.92 Å². The van der Waals surface area contributed by atoms with Crippen molar-refractivity contribution in [3.63, 3.8) is 0 Å². The molecule has 0 aliphatic carbocycles. The van der Waals surface area contributed by atoms with E-state index in [1.54, 1.807) is 50.4 Å². The van der Waals surface area contributed by atoms with E-state index in [9.17, 15) is 4.79 Å². The van der Waals surface area contributed by atoms with Crippen molar-refractivity contribution in [3.8, 4) is 17.2 Å². The van der Waals surface area contributed by atoms with E-state index in [1.807, 2.05) is 6.92 Å². The van der Waals surface area contributed by atoms with E-state index in [0.29, 0.717) is 29.6 Å². The molecule has 3 aromatic rings. The van der Waals surface area contributed by atoms with Crippen LogP contribution in [-0.4, -0.2) is 37.0 Å². The number of carbonyl (C=O) groups is 1. The third kappa shape index (κ3) is 4.87. The molecule has 0 fully saturated rings. The second-order valence-corrected chi connectivity index (χ2v) is 6.62. The summed E-state index contributed by atoms with van der Waals surface area (Å²) < 4.78 is 17.8. The van der Waals surface area contributed by atoms with Gasteiger partial charge in [-0.25, -0.2) is 4.68 Å². The Morgan fingerprint density at radius 2 is 1.62 bits per heavy atom. The van der Waals surface area contributed by atoms with Gasteiger partial charge in [0.25, 0.3) is 0 Å². The molecular formula is C22H25N3O4. The van der Waals surface area contributed by atoms with Crippen LogP contribution < -0.4 is 19.5 Å². The lowest BCUT2D eigenvalue weighted by Crippen LogP contribution is -2.18. The third-order valence-corrected chi connectivity index (χ3v) is 4.53. The number of hydrogen-bond donors (Lipinski definition) is 1. The van der Waals surface area contributed by atoms with E-state index in [4.69, 9.17) is 14.2 Å². The number of hydrogen-bond acceptors (Lipinski definition) is 5. The van der Waals surface area contributed by atoms with Crippen LogP contribution in [0.4, 0.5) is 5.82 Å². The third-order valence-electron chi connectivity index (χ3n) is 4.53. The van der Waals surface area contributed by atoms with E-state index in [2.05, 4.69) is 34.7 Å². The largest absolute Gasteiger partial charge is 0.493 e. The lowest BCUT2D eigenvalue weighted by Gasteiger charge is -2.14. The molecule has 1 amide bonds. The van der Waals surface area contributed by atoms with Crippen LogP contribution >= 0.6 is 0 Å². The van der Waals surface area contributed by atoms with Crippen molar-refractivity contribution in [2.75, 3.05) is 26.6 Å². The number of nitrogens with zero attached hydrogens (tertiary/aromatic N) is 2. The number of anilines is 1. The molecule has 2 aromatic carbocycles. The number of carbonyl (C=O) groups excluding carboxylic acids is 1. The molecule has 0 bridgehead atoms. The molecule has 1 aromatic heterocycles. The molecule has 152 valence electrons. The summed E-state index contributed by atoms with van der Waals surface area (Å²) in [6.45, 7) is 2.62. The number of methoxy groups -OCH3 is 3. The highest BCUT2D eigenvalue weighted by molar-refractivity contribution is 5.91. The predicted octanol–water partition coefficient (Wildman–Crippen LogP) is 3.45. The van der Waals surface area contributed by atoms with Gasteiger partial charge in [-0.3, -0.25) is 4.79 Å². The molecular weight excluding hydrogens is 370 g/mol. The van der Waals surface area contributed by atoms with Crippen molar-refractivity contribution < 1.29 is 19.0 Å². The van der Waals surface area contributed by atoms with Crippen molar-refractivity contribution in [2.45, 2.75) is 19.9 Å². The Labute approximate surface area is 170 Å². The lowest BCUT2D eigenvalue weighted by atomic mass is 10.1. The first-order valence-electron chi connectivity index (χ1n) is 9.20. The minimum atomic E-state index is -0.162. The Bertz CT molecular complexity index is 955. The van der Waals surface area contributed by atoms with Gasteiger partial charge in [0.2, 0.25) is 11.7 Å². The minimum absolute atomic E-state index is 0.159. The summed E-state index contributed by atoms with van der Waals surface area (Å²) in [6.07, 6.45) is 1.83. The van der Waals surface area contributed by atoms with Gasteiger partial charge in [0, 0.05) is 6.07 Å². The number of ether oxygens (including phenoxy) is 3. The number of benzene rings is 2. The Kier molecular flexibility index (Phi) is 6.39. The number of aromatic nitrogens is 2. The van der Waals surface area contributed by atoms with Crippen molar-refractivity contribution in [1.82, 2.24) is 9.78 Å². The van der Waals surface area contributed by atoms with Gasteiger partial charge in [0.1, 0.15) is 5.82 Å². The molecule has 0 aliphatic rings. The SMILES string of the molecule is COc1cc(CC(=O)Nc2ccnn2Cc2ccc(C)cc2)cc(OC)c1OC. The molecule has 0 aliphatic heterocycles. The van der Waals surface area contributed by atoms with Crippen LogP contribution in [-0.2, 0) is 17.8 Å². The van der Waals surface area contributed by atoms with Gasteiger partial charge in [-0.1, -0.05) is 29.8 Å². The summed E-state index contributed by atoms with van der Waals surface area (Å²) >= 11 is 0. The molecule has 0 saturated carbocycles. The van der Waals surface area contributed by atoms with Crippen LogP contribution in [0.2, 0.25) is 0 Å². The number of aryl methyl sites for hydroxylation is 1. The fraction of sp³-hybridized carbons (Fsp3) is 0.273. The first kappa shape index (κ1) is 20.3. The van der Waals surface area contributed by atoms with Crippen molar-refractivity contribution in [3.05, 3.63) is 65.4 Å². The molecule has 0 spiro atoms. The van der Waals surface area contributed by atoms with E-state index >= 15 is 0 Å². The fourth-order valence-electron chi connectivity index (χ4n) is 3.04. The molecule has 1 heterocycles. The Balaban J connectivity index is 1.72. The lowest BCUT2D eigenvalue weighted by molar-refractivity contribution is -0.115. The van der Waals surface area contributed by atoms with E-state index in [-0.39, 0.29) is 12.3 Å². The molecule has 0 atom stereocenters. The molecule has 29 heavy (non-hydrogen) atoms. The van der Waals surface area contributed by atoms with Crippen LogP contribution in [0.5, 0.6) is 17.2 Å². The predicted molar refractivity (Wildman–Crippen MR) is 111 cm³/mol. The van der Waals surface area contributed by atoms with Gasteiger partial charge in [-0.2, -0.15) is 5.10 Å². The van der Waals surface area contributed by atoms with Crippen LogP contribution in [0.3, 0.4) is 0 Å². The Morgan fingerprint density at radius 3 is 2.21 bits per heavy atom. The maximum Gasteiger partial charge on any atom is 0.229 e. The number of rotatable bonds is 8. The van der Waals surface area contributed by atoms with Gasteiger partial charge < -0.3 is 19.5 Å². The highest BCUT2D eigenvalue weighted by Gasteiger charge is 2.16. The summed E-state index contributed by atoms with van der Waals surface area (Å²) in [6, 6.07) is 13.5. The van der Waals surface area contributed by atoms with Crippen LogP contribution in [0.1, 0.15) is 16.7 Å². The summed E-state index contributed by atoms with van der Waals surface area (Å²) in [7, 11) is 4.64. The summed E-state index contributed by atoms with van der Waals surface area (Å²) in [5.41, 5.74) is 3.06. The Hall–Kier alpha value is -3.48. The standard InChI is InChI=1S/C22H25N3O4/c1-15-5-7-16(8-6-15)14-25-20(9-10-23-25)24-21(26)13-17-11-18(27-2)22(29-4)19(12-17)28-3/h5-12H,13-14H2,1-4H3,(H,24,26). The monoisotopic (exact) mass is 395 g/mol. The van der Waals surface area contributed by atoms with Crippen molar-refractivity contribution >= 4 is 11.7 Å². The van der Waals surface area contributed by atoms with Gasteiger partial charge in [-0.15, -0.1) is 0 Å². The maximum atomic E-state index is 12.6. The van der Waals surface area contributed by atoms with Crippen molar-refractivity contribution in [2.24, 2.45) is 0 Å². The smallest absolute Gasteiger partial charge is 0.229 e. The van der Waals surface area contributed by atoms with E-state index < -0.39 is 0 Å². The number of amides is 1. The summed E-state index contributed by atoms with van der Waals surface area (Å²) in [4.78, 5) is 12.6. The Morgan fingerprint density at radius 1 is 0.966 bits per heavy atom. The second kappa shape index (κ2) is 9.14. The van der Waals surface area contributed by atoms with Gasteiger partial charge in [0.15, 0.2) is 11.5 Å². The van der Waals surface area contributed by atoms with Crippen molar-refractivity contribution in [1.29, 1.82) is 0 Å². The summed E-state index contributed by atoms with van der Waals surface area (Å²) in [5.74, 6) is 2.00. The van der Waals surface area contributed by atoms with Crippen LogP contribution in [0.15, 0.2) is 48.7 Å². The second-order valence-electron chi connectivity index (χ2n) is 6.62. The van der Waals surface area contributed by atoms with Gasteiger partial charge in [0.05, 0.1) is 40.5 Å². The molecule has 0 unspecified atom stereocenters. The normalized spacial score (nSPS) is 10.5. The van der Waals surface area contributed by atoms with Gasteiger partial charge in [-0.05, 0) is 30.2 Å². The van der Waals surface area contributed by atoms with Gasteiger partial charge >= 0.3 is 0 Å². The average Bonchev–Trinajstić information content (AvgIpc) is 3.15. The zero-order valence-electron chi connectivity index (χ0n) is 17.1. The first-order valence-corrected chi connectivity index (χ1v) is 9.20. The van der Waals surface area contributed by atoms with E-state index in [0.717, 1.165) is 11.1 Å². The minimum Gasteiger partial charge on any atom is -0.493 e.